The molecule has 1 aromatic heterocycles. The Morgan fingerprint density at radius 2 is 2.04 bits per heavy atom. The smallest absolute Gasteiger partial charge is 0.269 e. The van der Waals surface area contributed by atoms with Gasteiger partial charge in [-0.1, -0.05) is 49.2 Å². The number of hydrogen-bond donors (Lipinski definition) is 2. The fraction of sp³-hybridized carbons (Fsp3) is 0.238. The van der Waals surface area contributed by atoms with E-state index in [1.165, 1.54) is 0 Å². The van der Waals surface area contributed by atoms with Gasteiger partial charge in [-0.05, 0) is 42.3 Å². The summed E-state index contributed by atoms with van der Waals surface area (Å²) < 4.78 is 5.85. The van der Waals surface area contributed by atoms with Crippen LogP contribution in [0.2, 0.25) is 5.02 Å². The number of H-pyrrole nitrogens is 1. The highest BCUT2D eigenvalue weighted by atomic mass is 35.5. The summed E-state index contributed by atoms with van der Waals surface area (Å²) in [5, 5.41) is 10.6. The summed E-state index contributed by atoms with van der Waals surface area (Å²) in [5.41, 5.74) is 2.87. The average molecular weight is 384 g/mol. The highest BCUT2D eigenvalue weighted by Gasteiger charge is 2.14. The van der Waals surface area contributed by atoms with Crippen LogP contribution in [0.25, 0.3) is 11.3 Å². The Bertz CT molecular complexity index is 908. The van der Waals surface area contributed by atoms with E-state index in [4.69, 9.17) is 16.3 Å². The van der Waals surface area contributed by atoms with Gasteiger partial charge in [-0.15, -0.1) is 0 Å². The van der Waals surface area contributed by atoms with Crippen LogP contribution in [-0.2, 0) is 6.54 Å². The molecular formula is C21H22ClN3O2. The molecule has 0 atom stereocenters. The van der Waals surface area contributed by atoms with Crippen molar-refractivity contribution in [3.05, 3.63) is 70.9 Å². The normalized spacial score (nSPS) is 10.6. The maximum atomic E-state index is 12.4. The number of aromatic nitrogens is 2. The van der Waals surface area contributed by atoms with Gasteiger partial charge in [0.25, 0.3) is 5.91 Å². The number of para-hydroxylation sites is 1. The first-order valence-corrected chi connectivity index (χ1v) is 9.35. The first kappa shape index (κ1) is 19.0. The average Bonchev–Trinajstić information content (AvgIpc) is 3.17. The van der Waals surface area contributed by atoms with E-state index in [1.807, 2.05) is 42.5 Å². The van der Waals surface area contributed by atoms with Crippen LogP contribution in [0, 0.1) is 0 Å². The number of benzene rings is 2. The number of hydrogen-bond acceptors (Lipinski definition) is 3. The number of amides is 1. The zero-order valence-electron chi connectivity index (χ0n) is 15.2. The molecule has 2 aromatic carbocycles. The zero-order valence-corrected chi connectivity index (χ0v) is 15.9. The lowest BCUT2D eigenvalue weighted by Gasteiger charge is -2.09. The Balaban J connectivity index is 1.68. The van der Waals surface area contributed by atoms with Crippen molar-refractivity contribution in [1.82, 2.24) is 15.5 Å². The van der Waals surface area contributed by atoms with E-state index in [1.54, 1.807) is 12.1 Å². The molecule has 27 heavy (non-hydrogen) atoms. The van der Waals surface area contributed by atoms with E-state index in [0.29, 0.717) is 29.6 Å². The number of rotatable bonds is 8. The van der Waals surface area contributed by atoms with Gasteiger partial charge in [0, 0.05) is 17.1 Å². The summed E-state index contributed by atoms with van der Waals surface area (Å²) in [7, 11) is 0. The van der Waals surface area contributed by atoms with Crippen molar-refractivity contribution >= 4 is 17.5 Å². The van der Waals surface area contributed by atoms with Crippen molar-refractivity contribution in [2.45, 2.75) is 26.3 Å². The quantitative estimate of drug-likeness (QED) is 0.547. The molecule has 140 valence electrons. The molecule has 5 nitrogen and oxygen atoms in total. The summed E-state index contributed by atoms with van der Waals surface area (Å²) in [6.07, 6.45) is 2.06. The van der Waals surface area contributed by atoms with Gasteiger partial charge in [-0.25, -0.2) is 0 Å². The molecule has 1 amide bonds. The predicted octanol–water partition coefficient (Wildman–Crippen LogP) is 4.84. The second-order valence-corrected chi connectivity index (χ2v) is 6.61. The molecular weight excluding hydrogens is 362 g/mol. The van der Waals surface area contributed by atoms with Crippen LogP contribution >= 0.6 is 11.6 Å². The molecule has 0 bridgehead atoms. The number of unbranched alkanes of at least 4 members (excludes halogenated alkanes) is 1. The molecule has 0 saturated heterocycles. The number of nitrogens with one attached hydrogen (secondary N) is 2. The van der Waals surface area contributed by atoms with Gasteiger partial charge in [0.05, 0.1) is 12.3 Å². The Kier molecular flexibility index (Phi) is 6.49. The third kappa shape index (κ3) is 5.11. The molecule has 0 aliphatic heterocycles. The number of carbonyl (C=O) groups excluding carboxylic acids is 1. The van der Waals surface area contributed by atoms with Gasteiger partial charge in [-0.3, -0.25) is 9.89 Å². The standard InChI is InChI=1S/C21H22ClN3O2/c1-2-3-11-27-20-10-5-4-9-17(20)18-13-19(25-24-18)21(26)23-14-15-7-6-8-16(22)12-15/h4-10,12-13H,2-3,11,14H2,1H3,(H,23,26)(H,24,25). The molecule has 6 heteroatoms. The fourth-order valence-electron chi connectivity index (χ4n) is 2.63. The minimum atomic E-state index is -0.224. The van der Waals surface area contributed by atoms with Gasteiger partial charge < -0.3 is 10.1 Å². The molecule has 0 saturated carbocycles. The Morgan fingerprint density at radius 1 is 1.19 bits per heavy atom. The van der Waals surface area contributed by atoms with Gasteiger partial charge in [-0.2, -0.15) is 5.10 Å². The van der Waals surface area contributed by atoms with Crippen molar-refractivity contribution in [2.24, 2.45) is 0 Å². The fourth-order valence-corrected chi connectivity index (χ4v) is 2.84. The number of aromatic amines is 1. The van der Waals surface area contributed by atoms with E-state index >= 15 is 0 Å². The van der Waals surface area contributed by atoms with E-state index < -0.39 is 0 Å². The number of carbonyl (C=O) groups is 1. The highest BCUT2D eigenvalue weighted by molar-refractivity contribution is 6.30. The molecule has 0 radical (unpaired) electrons. The van der Waals surface area contributed by atoms with Crippen LogP contribution in [-0.4, -0.2) is 22.7 Å². The van der Waals surface area contributed by atoms with Gasteiger partial charge >= 0.3 is 0 Å². The van der Waals surface area contributed by atoms with E-state index in [2.05, 4.69) is 22.4 Å². The lowest BCUT2D eigenvalue weighted by atomic mass is 10.1. The summed E-state index contributed by atoms with van der Waals surface area (Å²) >= 11 is 5.97. The van der Waals surface area contributed by atoms with Crippen LogP contribution in [0.5, 0.6) is 5.75 Å². The van der Waals surface area contributed by atoms with E-state index in [-0.39, 0.29) is 5.91 Å². The van der Waals surface area contributed by atoms with E-state index in [0.717, 1.165) is 29.7 Å². The predicted molar refractivity (Wildman–Crippen MR) is 107 cm³/mol. The number of halogens is 1. The van der Waals surface area contributed by atoms with Crippen LogP contribution in [0.4, 0.5) is 0 Å². The lowest BCUT2D eigenvalue weighted by Crippen LogP contribution is -2.23. The van der Waals surface area contributed by atoms with Crippen molar-refractivity contribution in [3.63, 3.8) is 0 Å². The van der Waals surface area contributed by atoms with Gasteiger partial charge in [0.1, 0.15) is 11.4 Å². The Morgan fingerprint density at radius 3 is 2.85 bits per heavy atom. The molecule has 0 unspecified atom stereocenters. The molecule has 2 N–H and O–H groups in total. The summed E-state index contributed by atoms with van der Waals surface area (Å²) in [5.74, 6) is 0.543. The van der Waals surface area contributed by atoms with Crippen LogP contribution in [0.1, 0.15) is 35.8 Å². The van der Waals surface area contributed by atoms with Crippen molar-refractivity contribution in [1.29, 1.82) is 0 Å². The molecule has 0 spiro atoms. The SMILES string of the molecule is CCCCOc1ccccc1-c1cc(C(=O)NCc2cccc(Cl)c2)[nH]n1. The van der Waals surface area contributed by atoms with Crippen LogP contribution in [0.3, 0.4) is 0 Å². The van der Waals surface area contributed by atoms with Crippen molar-refractivity contribution < 1.29 is 9.53 Å². The van der Waals surface area contributed by atoms with E-state index in [9.17, 15) is 4.79 Å². The van der Waals surface area contributed by atoms with Crippen LogP contribution in [0.15, 0.2) is 54.6 Å². The molecule has 3 aromatic rings. The largest absolute Gasteiger partial charge is 0.493 e. The second-order valence-electron chi connectivity index (χ2n) is 6.18. The third-order valence-corrected chi connectivity index (χ3v) is 4.32. The van der Waals surface area contributed by atoms with Crippen LogP contribution < -0.4 is 10.1 Å². The minimum Gasteiger partial charge on any atom is -0.493 e. The number of ether oxygens (including phenoxy) is 1. The monoisotopic (exact) mass is 383 g/mol. The minimum absolute atomic E-state index is 0.224. The molecule has 3 rings (SSSR count). The first-order chi connectivity index (χ1) is 13.2. The topological polar surface area (TPSA) is 67.0 Å². The maximum Gasteiger partial charge on any atom is 0.269 e. The third-order valence-electron chi connectivity index (χ3n) is 4.08. The second kappa shape index (κ2) is 9.24. The summed E-state index contributed by atoms with van der Waals surface area (Å²) in [4.78, 5) is 12.4. The van der Waals surface area contributed by atoms with Gasteiger partial charge in [0.2, 0.25) is 0 Å². The number of nitrogens with zero attached hydrogens (tertiary/aromatic N) is 1. The highest BCUT2D eigenvalue weighted by Crippen LogP contribution is 2.29. The van der Waals surface area contributed by atoms with Gasteiger partial charge in [0.15, 0.2) is 0 Å². The lowest BCUT2D eigenvalue weighted by molar-refractivity contribution is 0.0946. The first-order valence-electron chi connectivity index (χ1n) is 8.97. The Labute approximate surface area is 163 Å². The molecule has 0 fully saturated rings. The van der Waals surface area contributed by atoms with Crippen molar-refractivity contribution in [3.8, 4) is 17.0 Å². The molecule has 0 aliphatic rings. The molecule has 1 heterocycles. The summed E-state index contributed by atoms with van der Waals surface area (Å²) in [6.45, 7) is 3.17. The summed E-state index contributed by atoms with van der Waals surface area (Å²) in [6, 6.07) is 16.8. The maximum absolute atomic E-state index is 12.4. The molecule has 0 aliphatic carbocycles. The van der Waals surface area contributed by atoms with Crippen molar-refractivity contribution in [2.75, 3.05) is 6.61 Å². The Hall–Kier alpha value is -2.79. The zero-order chi connectivity index (χ0) is 19.1.